The molecule has 1 amide bonds. The molecule has 1 aliphatic rings. The van der Waals surface area contributed by atoms with Crippen LogP contribution in [0.3, 0.4) is 0 Å². The Morgan fingerprint density at radius 2 is 2.00 bits per heavy atom. The molecule has 4 rings (SSSR count). The molecule has 2 heterocycles. The minimum Gasteiger partial charge on any atom is -0.481 e. The van der Waals surface area contributed by atoms with Gasteiger partial charge >= 0.3 is 5.97 Å². The molecule has 10 heteroatoms. The van der Waals surface area contributed by atoms with Gasteiger partial charge < -0.3 is 9.84 Å². The number of hydrogen-bond donors (Lipinski definition) is 1. The first kappa shape index (κ1) is 19.3. The lowest BCUT2D eigenvalue weighted by molar-refractivity contribution is -0.142. The second-order valence-electron chi connectivity index (χ2n) is 6.04. The van der Waals surface area contributed by atoms with Crippen LogP contribution in [0.4, 0.5) is 5.69 Å². The second-order valence-corrected chi connectivity index (χ2v) is 8.31. The zero-order valence-electron chi connectivity index (χ0n) is 14.0. The van der Waals surface area contributed by atoms with Gasteiger partial charge in [0.2, 0.25) is 0 Å². The van der Waals surface area contributed by atoms with Crippen molar-refractivity contribution < 1.29 is 19.4 Å². The van der Waals surface area contributed by atoms with E-state index >= 15 is 0 Å². The molecule has 2 aromatic carbocycles. The van der Waals surface area contributed by atoms with E-state index in [-0.39, 0.29) is 6.54 Å². The standard InChI is InChI=1S/C18H11Cl3N2O4S/c19-8-5-9(20)16-17(15(8)21)28-13(22-16)7-23-10-3-1-2-4-11(10)27-12(18(23)26)6-14(24)25/h1-5,12H,6-7H2,(H,24,25). The third kappa shape index (κ3) is 3.39. The van der Waals surface area contributed by atoms with Crippen LogP contribution in [0.2, 0.25) is 15.1 Å². The molecule has 1 N–H and O–H groups in total. The molecule has 0 radical (unpaired) electrons. The maximum Gasteiger partial charge on any atom is 0.307 e. The number of anilines is 1. The summed E-state index contributed by atoms with van der Waals surface area (Å²) < 4.78 is 6.22. The van der Waals surface area contributed by atoms with Crippen LogP contribution in [0.1, 0.15) is 11.4 Å². The monoisotopic (exact) mass is 456 g/mol. The van der Waals surface area contributed by atoms with Crippen molar-refractivity contribution in [2.75, 3.05) is 4.90 Å². The summed E-state index contributed by atoms with van der Waals surface area (Å²) in [6.07, 6.45) is -1.54. The van der Waals surface area contributed by atoms with Gasteiger partial charge in [-0.25, -0.2) is 4.98 Å². The average Bonchev–Trinajstić information content (AvgIpc) is 3.07. The highest BCUT2D eigenvalue weighted by molar-refractivity contribution is 7.19. The highest BCUT2D eigenvalue weighted by Gasteiger charge is 2.36. The van der Waals surface area contributed by atoms with Gasteiger partial charge in [0.25, 0.3) is 5.91 Å². The van der Waals surface area contributed by atoms with Crippen LogP contribution in [-0.4, -0.2) is 28.1 Å². The van der Waals surface area contributed by atoms with Crippen molar-refractivity contribution >= 4 is 73.9 Å². The van der Waals surface area contributed by atoms with E-state index in [1.54, 1.807) is 24.3 Å². The van der Waals surface area contributed by atoms with Crippen LogP contribution in [0, 0.1) is 0 Å². The molecular formula is C18H11Cl3N2O4S. The van der Waals surface area contributed by atoms with Gasteiger partial charge in [0.05, 0.1) is 38.4 Å². The second kappa shape index (κ2) is 7.40. The molecule has 0 bridgehead atoms. The number of hydrogen-bond acceptors (Lipinski definition) is 5. The van der Waals surface area contributed by atoms with Crippen LogP contribution in [0.15, 0.2) is 30.3 Å². The highest BCUT2D eigenvalue weighted by atomic mass is 35.5. The molecule has 1 unspecified atom stereocenters. The van der Waals surface area contributed by atoms with Crippen LogP contribution in [0.25, 0.3) is 10.2 Å². The molecule has 0 saturated carbocycles. The third-order valence-electron chi connectivity index (χ3n) is 4.18. The Hall–Kier alpha value is -2.06. The van der Waals surface area contributed by atoms with E-state index in [9.17, 15) is 9.59 Å². The Morgan fingerprint density at radius 1 is 1.25 bits per heavy atom. The van der Waals surface area contributed by atoms with Gasteiger partial charge in [-0.05, 0) is 18.2 Å². The van der Waals surface area contributed by atoms with Gasteiger partial charge in [0.15, 0.2) is 6.10 Å². The summed E-state index contributed by atoms with van der Waals surface area (Å²) in [4.78, 5) is 29.9. The third-order valence-corrected chi connectivity index (χ3v) is 6.43. The van der Waals surface area contributed by atoms with Crippen molar-refractivity contribution in [3.8, 4) is 5.75 Å². The maximum atomic E-state index is 12.9. The Kier molecular flexibility index (Phi) is 5.09. The number of rotatable bonds is 4. The number of aromatic nitrogens is 1. The SMILES string of the molecule is O=C(O)CC1Oc2ccccc2N(Cc2nc3c(Cl)cc(Cl)c(Cl)c3s2)C1=O. The summed E-state index contributed by atoms with van der Waals surface area (Å²) in [7, 11) is 0. The summed E-state index contributed by atoms with van der Waals surface area (Å²) in [5, 5.41) is 10.7. The van der Waals surface area contributed by atoms with Crippen molar-refractivity contribution in [2.24, 2.45) is 0 Å². The number of aliphatic carboxylic acids is 1. The number of ether oxygens (including phenoxy) is 1. The van der Waals surface area contributed by atoms with E-state index in [0.29, 0.717) is 41.7 Å². The lowest BCUT2D eigenvalue weighted by atomic mass is 10.1. The van der Waals surface area contributed by atoms with Crippen molar-refractivity contribution in [1.29, 1.82) is 0 Å². The van der Waals surface area contributed by atoms with E-state index in [1.165, 1.54) is 22.3 Å². The molecule has 3 aromatic rings. The largest absolute Gasteiger partial charge is 0.481 e. The molecule has 6 nitrogen and oxygen atoms in total. The first-order valence-corrected chi connectivity index (χ1v) is 10.0. The Balaban J connectivity index is 1.74. The fourth-order valence-corrected chi connectivity index (χ4v) is 4.85. The summed E-state index contributed by atoms with van der Waals surface area (Å²) >= 11 is 19.8. The molecule has 144 valence electrons. The summed E-state index contributed by atoms with van der Waals surface area (Å²) in [6.45, 7) is 0.124. The number of carboxylic acid groups (broad SMARTS) is 1. The normalized spacial score (nSPS) is 16.2. The first-order valence-electron chi connectivity index (χ1n) is 8.07. The van der Waals surface area contributed by atoms with E-state index in [2.05, 4.69) is 4.98 Å². The molecule has 1 atom stereocenters. The van der Waals surface area contributed by atoms with Crippen molar-refractivity contribution in [3.05, 3.63) is 50.4 Å². The molecule has 0 aliphatic carbocycles. The molecule has 1 aliphatic heterocycles. The smallest absolute Gasteiger partial charge is 0.307 e. The van der Waals surface area contributed by atoms with Crippen LogP contribution < -0.4 is 9.64 Å². The topological polar surface area (TPSA) is 79.7 Å². The van der Waals surface area contributed by atoms with Gasteiger partial charge in [0.1, 0.15) is 16.3 Å². The lowest BCUT2D eigenvalue weighted by Gasteiger charge is -2.33. The number of amides is 1. The van der Waals surface area contributed by atoms with Gasteiger partial charge in [-0.3, -0.25) is 14.5 Å². The maximum absolute atomic E-state index is 12.9. The van der Waals surface area contributed by atoms with E-state index in [4.69, 9.17) is 44.6 Å². The number of carbonyl (C=O) groups excluding carboxylic acids is 1. The van der Waals surface area contributed by atoms with Crippen molar-refractivity contribution in [3.63, 3.8) is 0 Å². The number of benzene rings is 2. The molecule has 0 spiro atoms. The zero-order chi connectivity index (χ0) is 20.0. The fourth-order valence-electron chi connectivity index (χ4n) is 2.96. The fraction of sp³-hybridized carbons (Fsp3) is 0.167. The quantitative estimate of drug-likeness (QED) is 0.556. The number of carbonyl (C=O) groups is 2. The Bertz CT molecular complexity index is 1120. The predicted octanol–water partition coefficient (Wildman–Crippen LogP) is 5.03. The molecule has 1 aromatic heterocycles. The first-order chi connectivity index (χ1) is 13.3. The van der Waals surface area contributed by atoms with Crippen molar-refractivity contribution in [2.45, 2.75) is 19.1 Å². The van der Waals surface area contributed by atoms with Crippen LogP contribution in [0.5, 0.6) is 5.75 Å². The number of nitrogens with zero attached hydrogens (tertiary/aromatic N) is 2. The summed E-state index contributed by atoms with van der Waals surface area (Å²) in [5.74, 6) is -1.13. The molecule has 0 saturated heterocycles. The van der Waals surface area contributed by atoms with Crippen LogP contribution in [-0.2, 0) is 16.1 Å². The molecular weight excluding hydrogens is 447 g/mol. The van der Waals surface area contributed by atoms with Crippen LogP contribution >= 0.6 is 46.1 Å². The number of para-hydroxylation sites is 2. The van der Waals surface area contributed by atoms with Gasteiger partial charge in [-0.2, -0.15) is 0 Å². The van der Waals surface area contributed by atoms with Gasteiger partial charge in [-0.1, -0.05) is 46.9 Å². The van der Waals surface area contributed by atoms with E-state index < -0.39 is 24.4 Å². The summed E-state index contributed by atoms with van der Waals surface area (Å²) in [6, 6.07) is 8.47. The van der Waals surface area contributed by atoms with E-state index in [0.717, 1.165) is 0 Å². The molecule has 0 fully saturated rings. The van der Waals surface area contributed by atoms with E-state index in [1.807, 2.05) is 0 Å². The summed E-state index contributed by atoms with van der Waals surface area (Å²) in [5.41, 5.74) is 1.05. The zero-order valence-corrected chi connectivity index (χ0v) is 17.1. The predicted molar refractivity (Wildman–Crippen MR) is 109 cm³/mol. The Morgan fingerprint density at radius 3 is 2.75 bits per heavy atom. The van der Waals surface area contributed by atoms with Gasteiger partial charge in [0, 0.05) is 0 Å². The number of thiazole rings is 1. The lowest BCUT2D eigenvalue weighted by Crippen LogP contribution is -2.46. The van der Waals surface area contributed by atoms with Gasteiger partial charge in [-0.15, -0.1) is 11.3 Å². The minimum atomic E-state index is -1.12. The minimum absolute atomic E-state index is 0.124. The molecule has 28 heavy (non-hydrogen) atoms. The highest BCUT2D eigenvalue weighted by Crippen LogP contribution is 2.41. The average molecular weight is 458 g/mol. The Labute approximate surface area is 178 Å². The number of fused-ring (bicyclic) bond motifs is 2. The van der Waals surface area contributed by atoms with Crippen molar-refractivity contribution in [1.82, 2.24) is 4.98 Å². The number of halogens is 3. The number of carboxylic acids is 1.